The van der Waals surface area contributed by atoms with E-state index in [-0.39, 0.29) is 6.04 Å². The summed E-state index contributed by atoms with van der Waals surface area (Å²) in [6, 6.07) is 6.14. The van der Waals surface area contributed by atoms with Gasteiger partial charge in [-0.25, -0.2) is 0 Å². The highest BCUT2D eigenvalue weighted by Crippen LogP contribution is 2.27. The molecule has 0 heterocycles. The van der Waals surface area contributed by atoms with Crippen molar-refractivity contribution in [1.29, 1.82) is 0 Å². The van der Waals surface area contributed by atoms with E-state index in [1.54, 1.807) is 14.2 Å². The van der Waals surface area contributed by atoms with Gasteiger partial charge in [0.2, 0.25) is 0 Å². The molecule has 1 atom stereocenters. The van der Waals surface area contributed by atoms with Crippen molar-refractivity contribution in [2.45, 2.75) is 19.5 Å². The fraction of sp³-hybridized carbons (Fsp3) is 0.538. The third kappa shape index (κ3) is 4.24. The lowest BCUT2D eigenvalue weighted by molar-refractivity contribution is 0.308. The predicted octanol–water partition coefficient (Wildman–Crippen LogP) is 1.48. The SMILES string of the molecule is COc1ccc(CN(C)CC(C)N)cc1OC. The summed E-state index contributed by atoms with van der Waals surface area (Å²) in [6.07, 6.45) is 0. The molecule has 0 aromatic heterocycles. The van der Waals surface area contributed by atoms with Crippen molar-refractivity contribution < 1.29 is 9.47 Å². The van der Waals surface area contributed by atoms with Crippen LogP contribution in [0.15, 0.2) is 18.2 Å². The molecular formula is C13H22N2O2. The Kier molecular flexibility index (Phi) is 5.25. The zero-order valence-corrected chi connectivity index (χ0v) is 11.1. The topological polar surface area (TPSA) is 47.7 Å². The standard InChI is InChI=1S/C13H22N2O2/c1-10(14)8-15(2)9-11-5-6-12(16-3)13(7-11)17-4/h5-7,10H,8-9,14H2,1-4H3. The van der Waals surface area contributed by atoms with Crippen molar-refractivity contribution in [3.05, 3.63) is 23.8 Å². The van der Waals surface area contributed by atoms with Gasteiger partial charge in [0.05, 0.1) is 14.2 Å². The van der Waals surface area contributed by atoms with Gasteiger partial charge in [-0.3, -0.25) is 0 Å². The molecular weight excluding hydrogens is 216 g/mol. The monoisotopic (exact) mass is 238 g/mol. The first-order valence-corrected chi connectivity index (χ1v) is 5.71. The van der Waals surface area contributed by atoms with Gasteiger partial charge in [0.25, 0.3) is 0 Å². The third-order valence-corrected chi connectivity index (χ3v) is 2.50. The van der Waals surface area contributed by atoms with Crippen molar-refractivity contribution >= 4 is 0 Å². The normalized spacial score (nSPS) is 12.6. The molecule has 4 nitrogen and oxygen atoms in total. The summed E-state index contributed by atoms with van der Waals surface area (Å²) in [7, 11) is 5.34. The van der Waals surface area contributed by atoms with Crippen molar-refractivity contribution in [3.8, 4) is 11.5 Å². The van der Waals surface area contributed by atoms with Crippen LogP contribution in [-0.2, 0) is 6.54 Å². The molecule has 4 heteroatoms. The van der Waals surface area contributed by atoms with Crippen LogP contribution in [-0.4, -0.2) is 38.8 Å². The molecule has 2 N–H and O–H groups in total. The van der Waals surface area contributed by atoms with Gasteiger partial charge in [-0.15, -0.1) is 0 Å². The van der Waals surface area contributed by atoms with Gasteiger partial charge in [-0.1, -0.05) is 6.07 Å². The van der Waals surface area contributed by atoms with E-state index in [2.05, 4.69) is 11.9 Å². The summed E-state index contributed by atoms with van der Waals surface area (Å²) < 4.78 is 10.5. The minimum atomic E-state index is 0.181. The highest BCUT2D eigenvalue weighted by molar-refractivity contribution is 5.42. The molecule has 0 fully saturated rings. The van der Waals surface area contributed by atoms with Crippen molar-refractivity contribution in [2.75, 3.05) is 27.8 Å². The van der Waals surface area contributed by atoms with Gasteiger partial charge in [-0.2, -0.15) is 0 Å². The van der Waals surface area contributed by atoms with E-state index in [0.29, 0.717) is 0 Å². The number of methoxy groups -OCH3 is 2. The van der Waals surface area contributed by atoms with Crippen LogP contribution >= 0.6 is 0 Å². The Hall–Kier alpha value is -1.26. The summed E-state index contributed by atoms with van der Waals surface area (Å²) in [5, 5.41) is 0. The number of likely N-dealkylation sites (N-methyl/N-ethyl adjacent to an activating group) is 1. The molecule has 1 aromatic rings. The number of nitrogens with two attached hydrogens (primary N) is 1. The molecule has 0 aliphatic carbocycles. The average molecular weight is 238 g/mol. The van der Waals surface area contributed by atoms with Crippen LogP contribution in [0.25, 0.3) is 0 Å². The Labute approximate surface area is 103 Å². The summed E-state index contributed by atoms with van der Waals surface area (Å²) in [4.78, 5) is 2.19. The maximum Gasteiger partial charge on any atom is 0.161 e. The van der Waals surface area contributed by atoms with E-state index in [1.807, 2.05) is 25.1 Å². The molecule has 17 heavy (non-hydrogen) atoms. The number of benzene rings is 1. The maximum absolute atomic E-state index is 5.76. The first-order valence-electron chi connectivity index (χ1n) is 5.71. The molecule has 1 aromatic carbocycles. The van der Waals surface area contributed by atoms with Crippen LogP contribution in [0.2, 0.25) is 0 Å². The third-order valence-electron chi connectivity index (χ3n) is 2.50. The molecule has 0 aliphatic rings. The van der Waals surface area contributed by atoms with Crippen molar-refractivity contribution in [1.82, 2.24) is 4.90 Å². The number of hydrogen-bond donors (Lipinski definition) is 1. The Morgan fingerprint density at radius 1 is 1.24 bits per heavy atom. The molecule has 1 rings (SSSR count). The first-order chi connectivity index (χ1) is 8.06. The van der Waals surface area contributed by atoms with Crippen LogP contribution < -0.4 is 15.2 Å². The number of rotatable bonds is 6. The van der Waals surface area contributed by atoms with Gasteiger partial charge in [-0.05, 0) is 31.7 Å². The lowest BCUT2D eigenvalue weighted by Crippen LogP contribution is -2.32. The molecule has 0 saturated carbocycles. The fourth-order valence-electron chi connectivity index (χ4n) is 1.85. The largest absolute Gasteiger partial charge is 0.493 e. The molecule has 0 radical (unpaired) electrons. The molecule has 1 unspecified atom stereocenters. The van der Waals surface area contributed by atoms with Gasteiger partial charge >= 0.3 is 0 Å². The van der Waals surface area contributed by atoms with Crippen molar-refractivity contribution in [2.24, 2.45) is 5.73 Å². The van der Waals surface area contributed by atoms with E-state index in [0.717, 1.165) is 24.6 Å². The van der Waals surface area contributed by atoms with Crippen LogP contribution in [0.3, 0.4) is 0 Å². The van der Waals surface area contributed by atoms with Gasteiger partial charge in [0, 0.05) is 19.1 Å². The quantitative estimate of drug-likeness (QED) is 0.815. The van der Waals surface area contributed by atoms with Crippen LogP contribution in [0.4, 0.5) is 0 Å². The average Bonchev–Trinajstić information content (AvgIpc) is 2.27. The summed E-state index contributed by atoms with van der Waals surface area (Å²) >= 11 is 0. The molecule has 0 saturated heterocycles. The Bertz CT molecular complexity index is 353. The number of ether oxygens (including phenoxy) is 2. The summed E-state index contributed by atoms with van der Waals surface area (Å²) in [5.74, 6) is 1.52. The van der Waals surface area contributed by atoms with E-state index in [9.17, 15) is 0 Å². The molecule has 0 spiro atoms. The van der Waals surface area contributed by atoms with Crippen LogP contribution in [0, 0.1) is 0 Å². The minimum Gasteiger partial charge on any atom is -0.493 e. The highest BCUT2D eigenvalue weighted by Gasteiger charge is 2.07. The van der Waals surface area contributed by atoms with E-state index in [1.165, 1.54) is 5.56 Å². The second kappa shape index (κ2) is 6.47. The van der Waals surface area contributed by atoms with E-state index in [4.69, 9.17) is 15.2 Å². The Morgan fingerprint density at radius 2 is 1.88 bits per heavy atom. The smallest absolute Gasteiger partial charge is 0.161 e. The van der Waals surface area contributed by atoms with Gasteiger partial charge in [0.1, 0.15) is 0 Å². The molecule has 96 valence electrons. The fourth-order valence-corrected chi connectivity index (χ4v) is 1.85. The van der Waals surface area contributed by atoms with Gasteiger partial charge < -0.3 is 20.1 Å². The Balaban J connectivity index is 2.72. The zero-order chi connectivity index (χ0) is 12.8. The zero-order valence-electron chi connectivity index (χ0n) is 11.1. The predicted molar refractivity (Wildman–Crippen MR) is 69.5 cm³/mol. The molecule has 0 aliphatic heterocycles. The lowest BCUT2D eigenvalue weighted by Gasteiger charge is -2.19. The lowest BCUT2D eigenvalue weighted by atomic mass is 10.2. The first kappa shape index (κ1) is 13.8. The molecule has 0 amide bonds. The second-order valence-electron chi connectivity index (χ2n) is 4.36. The van der Waals surface area contributed by atoms with Gasteiger partial charge in [0.15, 0.2) is 11.5 Å². The Morgan fingerprint density at radius 3 is 2.41 bits per heavy atom. The summed E-state index contributed by atoms with van der Waals surface area (Å²) in [5.41, 5.74) is 6.95. The number of hydrogen-bond acceptors (Lipinski definition) is 4. The minimum absolute atomic E-state index is 0.181. The van der Waals surface area contributed by atoms with Crippen LogP contribution in [0.5, 0.6) is 11.5 Å². The van der Waals surface area contributed by atoms with Crippen LogP contribution in [0.1, 0.15) is 12.5 Å². The molecule has 0 bridgehead atoms. The number of nitrogens with zero attached hydrogens (tertiary/aromatic N) is 1. The van der Waals surface area contributed by atoms with E-state index < -0.39 is 0 Å². The second-order valence-corrected chi connectivity index (χ2v) is 4.36. The summed E-state index contributed by atoms with van der Waals surface area (Å²) in [6.45, 7) is 3.72. The highest BCUT2D eigenvalue weighted by atomic mass is 16.5. The van der Waals surface area contributed by atoms with Crippen molar-refractivity contribution in [3.63, 3.8) is 0 Å². The maximum atomic E-state index is 5.76. The van der Waals surface area contributed by atoms with E-state index >= 15 is 0 Å².